The van der Waals surface area contributed by atoms with Gasteiger partial charge in [-0.1, -0.05) is 24.8 Å². The number of esters is 1. The molecule has 1 unspecified atom stereocenters. The Hall–Kier alpha value is -1.58. The highest BCUT2D eigenvalue weighted by atomic mass is 16.5. The van der Waals surface area contributed by atoms with Gasteiger partial charge in [0.05, 0.1) is 6.61 Å². The second kappa shape index (κ2) is 6.81. The normalized spacial score (nSPS) is 11.3. The Kier molecular flexibility index (Phi) is 6.09. The fourth-order valence-corrected chi connectivity index (χ4v) is 1.03. The molecule has 4 heteroatoms. The molecule has 0 aromatic rings. The fraction of sp³-hybridized carbons (Fsp3) is 0.455. The summed E-state index contributed by atoms with van der Waals surface area (Å²) in [5.41, 5.74) is 0.682. The van der Waals surface area contributed by atoms with Crippen LogP contribution < -0.4 is 5.32 Å². The van der Waals surface area contributed by atoms with Gasteiger partial charge in [-0.05, 0) is 6.92 Å². The molecule has 0 saturated carbocycles. The highest BCUT2D eigenvalue weighted by Crippen LogP contribution is 2.05. The van der Waals surface area contributed by atoms with Gasteiger partial charge in [-0.2, -0.15) is 0 Å². The second-order valence-corrected chi connectivity index (χ2v) is 3.07. The molecular formula is C11H17NO3. The first-order chi connectivity index (χ1) is 7.01. The number of ether oxygens (including phenoxy) is 1. The number of hydrogen-bond donors (Lipinski definition) is 1. The quantitative estimate of drug-likeness (QED) is 0.530. The third-order valence-corrected chi connectivity index (χ3v) is 1.70. The summed E-state index contributed by atoms with van der Waals surface area (Å²) in [6.07, 6.45) is 1.87. The number of allylic oxidation sites excluding steroid dienone is 1. The Morgan fingerprint density at radius 1 is 1.53 bits per heavy atom. The highest BCUT2D eigenvalue weighted by Gasteiger charge is 2.20. The van der Waals surface area contributed by atoms with Crippen LogP contribution in [0.3, 0.4) is 0 Å². The van der Waals surface area contributed by atoms with Gasteiger partial charge in [-0.25, -0.2) is 4.79 Å². The van der Waals surface area contributed by atoms with Crippen LogP contribution in [0.25, 0.3) is 0 Å². The molecule has 0 heterocycles. The standard InChI is InChI=1S/C11H17NO3/c1-5-8(3)7-10(12-9(4)13)11(14)15-6-2/h5,10H,1,3,6-7H2,2,4H3,(H,12,13). The van der Waals surface area contributed by atoms with Crippen LogP contribution >= 0.6 is 0 Å². The van der Waals surface area contributed by atoms with Gasteiger partial charge in [0, 0.05) is 13.3 Å². The van der Waals surface area contributed by atoms with Gasteiger partial charge in [0.25, 0.3) is 0 Å². The van der Waals surface area contributed by atoms with E-state index in [0.717, 1.165) is 0 Å². The molecule has 0 aromatic carbocycles. The van der Waals surface area contributed by atoms with Crippen molar-refractivity contribution in [3.05, 3.63) is 24.8 Å². The average Bonchev–Trinajstić information content (AvgIpc) is 2.16. The third-order valence-electron chi connectivity index (χ3n) is 1.70. The fourth-order valence-electron chi connectivity index (χ4n) is 1.03. The Labute approximate surface area is 90.0 Å². The summed E-state index contributed by atoms with van der Waals surface area (Å²) in [6, 6.07) is -0.673. The molecule has 0 bridgehead atoms. The minimum absolute atomic E-state index is 0.273. The maximum absolute atomic E-state index is 11.4. The summed E-state index contributed by atoms with van der Waals surface area (Å²) in [7, 11) is 0. The van der Waals surface area contributed by atoms with Crippen molar-refractivity contribution >= 4 is 11.9 Å². The summed E-state index contributed by atoms with van der Waals surface area (Å²) in [5, 5.41) is 2.51. The van der Waals surface area contributed by atoms with Crippen LogP contribution in [0.1, 0.15) is 20.3 Å². The zero-order chi connectivity index (χ0) is 11.8. The molecule has 15 heavy (non-hydrogen) atoms. The Morgan fingerprint density at radius 3 is 2.53 bits per heavy atom. The van der Waals surface area contributed by atoms with Crippen LogP contribution in [0.4, 0.5) is 0 Å². The van der Waals surface area contributed by atoms with E-state index in [-0.39, 0.29) is 12.5 Å². The van der Waals surface area contributed by atoms with Crippen molar-refractivity contribution in [3.8, 4) is 0 Å². The summed E-state index contributed by atoms with van der Waals surface area (Å²) >= 11 is 0. The molecule has 4 nitrogen and oxygen atoms in total. The van der Waals surface area contributed by atoms with Crippen molar-refractivity contribution < 1.29 is 14.3 Å². The second-order valence-electron chi connectivity index (χ2n) is 3.07. The SMILES string of the molecule is C=CC(=C)CC(NC(C)=O)C(=O)OCC. The maximum atomic E-state index is 11.4. The minimum Gasteiger partial charge on any atom is -0.464 e. The van der Waals surface area contributed by atoms with Gasteiger partial charge in [-0.15, -0.1) is 0 Å². The van der Waals surface area contributed by atoms with E-state index in [4.69, 9.17) is 4.74 Å². The Morgan fingerprint density at radius 2 is 2.13 bits per heavy atom. The largest absolute Gasteiger partial charge is 0.464 e. The van der Waals surface area contributed by atoms with Crippen molar-refractivity contribution in [2.75, 3.05) is 6.61 Å². The van der Waals surface area contributed by atoms with Gasteiger partial charge in [0.2, 0.25) is 5.91 Å². The van der Waals surface area contributed by atoms with E-state index in [2.05, 4.69) is 18.5 Å². The highest BCUT2D eigenvalue weighted by molar-refractivity contribution is 5.83. The summed E-state index contributed by atoms with van der Waals surface area (Å²) < 4.78 is 4.82. The minimum atomic E-state index is -0.673. The van der Waals surface area contributed by atoms with Gasteiger partial charge < -0.3 is 10.1 Å². The number of hydrogen-bond acceptors (Lipinski definition) is 3. The van der Waals surface area contributed by atoms with Gasteiger partial charge in [0.1, 0.15) is 6.04 Å². The smallest absolute Gasteiger partial charge is 0.328 e. The first-order valence-electron chi connectivity index (χ1n) is 4.75. The van der Waals surface area contributed by atoms with E-state index in [1.165, 1.54) is 6.92 Å². The van der Waals surface area contributed by atoms with Crippen LogP contribution in [0.2, 0.25) is 0 Å². The van der Waals surface area contributed by atoms with Crippen LogP contribution in [0.5, 0.6) is 0 Å². The first kappa shape index (κ1) is 13.4. The zero-order valence-electron chi connectivity index (χ0n) is 9.21. The van der Waals surface area contributed by atoms with Gasteiger partial charge in [0.15, 0.2) is 0 Å². The number of carbonyl (C=O) groups excluding carboxylic acids is 2. The number of amides is 1. The molecule has 0 aliphatic rings. The van der Waals surface area contributed by atoms with Crippen LogP contribution in [0, 0.1) is 0 Å². The molecule has 0 saturated heterocycles. The molecule has 0 radical (unpaired) electrons. The van der Waals surface area contributed by atoms with E-state index in [1.807, 2.05) is 0 Å². The van der Waals surface area contributed by atoms with Crippen molar-refractivity contribution in [2.45, 2.75) is 26.3 Å². The zero-order valence-corrected chi connectivity index (χ0v) is 9.21. The topological polar surface area (TPSA) is 55.4 Å². The third kappa shape index (κ3) is 5.67. The van der Waals surface area contributed by atoms with E-state index < -0.39 is 12.0 Å². The van der Waals surface area contributed by atoms with E-state index in [0.29, 0.717) is 12.0 Å². The molecule has 0 aliphatic carbocycles. The van der Waals surface area contributed by atoms with Gasteiger partial charge in [-0.3, -0.25) is 4.79 Å². The molecule has 1 amide bonds. The lowest BCUT2D eigenvalue weighted by Gasteiger charge is -2.16. The van der Waals surface area contributed by atoms with Crippen molar-refractivity contribution in [3.63, 3.8) is 0 Å². The van der Waals surface area contributed by atoms with Crippen molar-refractivity contribution in [1.29, 1.82) is 0 Å². The molecule has 0 aliphatic heterocycles. The Bertz CT molecular complexity index is 271. The van der Waals surface area contributed by atoms with Gasteiger partial charge >= 0.3 is 5.97 Å². The molecule has 0 fully saturated rings. The van der Waals surface area contributed by atoms with Crippen molar-refractivity contribution in [2.24, 2.45) is 0 Å². The van der Waals surface area contributed by atoms with E-state index in [1.54, 1.807) is 13.0 Å². The molecular weight excluding hydrogens is 194 g/mol. The molecule has 0 rings (SSSR count). The number of nitrogens with one attached hydrogen (secondary N) is 1. The monoisotopic (exact) mass is 211 g/mol. The number of rotatable bonds is 6. The molecule has 84 valence electrons. The predicted molar refractivity (Wildman–Crippen MR) is 58.2 cm³/mol. The summed E-state index contributed by atoms with van der Waals surface area (Å²) in [5.74, 6) is -0.722. The lowest BCUT2D eigenvalue weighted by Crippen LogP contribution is -2.40. The predicted octanol–water partition coefficient (Wildman–Crippen LogP) is 1.19. The van der Waals surface area contributed by atoms with Crippen molar-refractivity contribution in [1.82, 2.24) is 5.32 Å². The summed E-state index contributed by atoms with van der Waals surface area (Å²) in [4.78, 5) is 22.3. The average molecular weight is 211 g/mol. The Balaban J connectivity index is 4.42. The van der Waals surface area contributed by atoms with E-state index >= 15 is 0 Å². The first-order valence-corrected chi connectivity index (χ1v) is 4.75. The number of carbonyl (C=O) groups is 2. The van der Waals surface area contributed by atoms with Crippen LogP contribution in [0.15, 0.2) is 24.8 Å². The molecule has 0 aromatic heterocycles. The van der Waals surface area contributed by atoms with Crippen LogP contribution in [-0.2, 0) is 14.3 Å². The molecule has 0 spiro atoms. The van der Waals surface area contributed by atoms with E-state index in [9.17, 15) is 9.59 Å². The lowest BCUT2D eigenvalue weighted by atomic mass is 10.1. The lowest BCUT2D eigenvalue weighted by molar-refractivity contribution is -0.147. The maximum Gasteiger partial charge on any atom is 0.328 e. The molecule has 1 N–H and O–H groups in total. The molecule has 1 atom stereocenters. The summed E-state index contributed by atoms with van der Waals surface area (Å²) in [6.45, 7) is 10.6. The van der Waals surface area contributed by atoms with Crippen LogP contribution in [-0.4, -0.2) is 24.5 Å².